The summed E-state index contributed by atoms with van der Waals surface area (Å²) in [5, 5.41) is 2.83. The first kappa shape index (κ1) is 9.57. The SMILES string of the molecule is Cn1c2c(c(=O)n(C)c1=O)CC=C(N)N2. The number of hydrogen-bond donors (Lipinski definition) is 2. The number of rotatable bonds is 0. The number of fused-ring (bicyclic) bond motifs is 1. The van der Waals surface area contributed by atoms with E-state index in [4.69, 9.17) is 5.73 Å². The van der Waals surface area contributed by atoms with Gasteiger partial charge in [-0.1, -0.05) is 0 Å². The van der Waals surface area contributed by atoms with Crippen molar-refractivity contribution in [1.29, 1.82) is 0 Å². The highest BCUT2D eigenvalue weighted by molar-refractivity contribution is 5.52. The molecule has 0 aliphatic carbocycles. The fourth-order valence-corrected chi connectivity index (χ4v) is 1.66. The van der Waals surface area contributed by atoms with Crippen molar-refractivity contribution in [3.63, 3.8) is 0 Å². The first-order valence-electron chi connectivity index (χ1n) is 4.54. The van der Waals surface area contributed by atoms with Crippen molar-refractivity contribution in [2.75, 3.05) is 5.32 Å². The maximum Gasteiger partial charge on any atom is 0.332 e. The van der Waals surface area contributed by atoms with Crippen molar-refractivity contribution in [2.24, 2.45) is 19.8 Å². The lowest BCUT2D eigenvalue weighted by Gasteiger charge is -2.19. The average molecular weight is 208 g/mol. The van der Waals surface area contributed by atoms with Crippen LogP contribution in [0, 0.1) is 0 Å². The fraction of sp³-hybridized carbons (Fsp3) is 0.333. The summed E-state index contributed by atoms with van der Waals surface area (Å²) >= 11 is 0. The normalized spacial score (nSPS) is 14.1. The zero-order chi connectivity index (χ0) is 11.2. The van der Waals surface area contributed by atoms with Gasteiger partial charge in [0.2, 0.25) is 0 Å². The standard InChI is InChI=1S/C9H12N4O2/c1-12-7-5(3-4-6(10)11-7)8(14)13(2)9(12)15/h4,11H,3,10H2,1-2H3. The van der Waals surface area contributed by atoms with E-state index in [2.05, 4.69) is 5.32 Å². The molecule has 0 atom stereocenters. The molecule has 15 heavy (non-hydrogen) atoms. The molecule has 3 N–H and O–H groups in total. The maximum atomic E-state index is 11.7. The van der Waals surface area contributed by atoms with Gasteiger partial charge in [0, 0.05) is 20.5 Å². The van der Waals surface area contributed by atoms with Crippen LogP contribution in [0.3, 0.4) is 0 Å². The molecule has 0 fully saturated rings. The third kappa shape index (κ3) is 1.25. The highest BCUT2D eigenvalue weighted by Crippen LogP contribution is 2.15. The highest BCUT2D eigenvalue weighted by atomic mass is 16.2. The Morgan fingerprint density at radius 2 is 2.00 bits per heavy atom. The summed E-state index contributed by atoms with van der Waals surface area (Å²) in [6, 6.07) is 0. The molecular formula is C9H12N4O2. The summed E-state index contributed by atoms with van der Waals surface area (Å²) in [6.07, 6.45) is 2.17. The van der Waals surface area contributed by atoms with Crippen molar-refractivity contribution < 1.29 is 0 Å². The van der Waals surface area contributed by atoms with Crippen LogP contribution in [0.5, 0.6) is 0 Å². The molecule has 80 valence electrons. The van der Waals surface area contributed by atoms with Crippen LogP contribution in [0.1, 0.15) is 5.56 Å². The molecule has 0 saturated carbocycles. The van der Waals surface area contributed by atoms with Crippen LogP contribution in [0.4, 0.5) is 5.82 Å². The van der Waals surface area contributed by atoms with Crippen LogP contribution in [-0.2, 0) is 20.5 Å². The van der Waals surface area contributed by atoms with Gasteiger partial charge < -0.3 is 11.1 Å². The van der Waals surface area contributed by atoms with Crippen LogP contribution in [-0.4, -0.2) is 9.13 Å². The monoisotopic (exact) mass is 208 g/mol. The third-order valence-corrected chi connectivity index (χ3v) is 2.55. The Bertz CT molecular complexity index is 565. The Kier molecular flexibility index (Phi) is 1.92. The molecule has 0 radical (unpaired) electrons. The molecule has 0 spiro atoms. The molecule has 0 amide bonds. The Morgan fingerprint density at radius 3 is 2.67 bits per heavy atom. The molecule has 1 aliphatic rings. The minimum Gasteiger partial charge on any atom is -0.385 e. The van der Waals surface area contributed by atoms with E-state index in [-0.39, 0.29) is 11.2 Å². The number of hydrogen-bond acceptors (Lipinski definition) is 4. The van der Waals surface area contributed by atoms with Crippen LogP contribution in [0.25, 0.3) is 0 Å². The van der Waals surface area contributed by atoms with Crippen molar-refractivity contribution in [3.05, 3.63) is 38.3 Å². The summed E-state index contributed by atoms with van der Waals surface area (Å²) in [5.41, 5.74) is 5.51. The van der Waals surface area contributed by atoms with Gasteiger partial charge in [0.15, 0.2) is 0 Å². The minimum absolute atomic E-state index is 0.274. The zero-order valence-corrected chi connectivity index (χ0v) is 8.57. The molecule has 0 aromatic carbocycles. The molecule has 1 aromatic heterocycles. The highest BCUT2D eigenvalue weighted by Gasteiger charge is 2.17. The third-order valence-electron chi connectivity index (χ3n) is 2.55. The summed E-state index contributed by atoms with van der Waals surface area (Å²) in [7, 11) is 3.07. The van der Waals surface area contributed by atoms with E-state index < -0.39 is 0 Å². The van der Waals surface area contributed by atoms with E-state index in [0.29, 0.717) is 23.6 Å². The Labute approximate surface area is 85.6 Å². The smallest absolute Gasteiger partial charge is 0.332 e. The molecule has 0 bridgehead atoms. The summed E-state index contributed by atoms with van der Waals surface area (Å²) < 4.78 is 2.48. The second-order valence-corrected chi connectivity index (χ2v) is 3.52. The molecule has 0 saturated heterocycles. The van der Waals surface area contributed by atoms with Crippen LogP contribution in [0.2, 0.25) is 0 Å². The lowest BCUT2D eigenvalue weighted by atomic mass is 10.1. The Hall–Kier alpha value is -1.98. The van der Waals surface area contributed by atoms with Crippen molar-refractivity contribution in [1.82, 2.24) is 9.13 Å². The molecule has 0 unspecified atom stereocenters. The molecule has 2 heterocycles. The Balaban J connectivity index is 2.82. The van der Waals surface area contributed by atoms with Crippen molar-refractivity contribution in [2.45, 2.75) is 6.42 Å². The van der Waals surface area contributed by atoms with Gasteiger partial charge in [-0.05, 0) is 6.08 Å². The molecule has 1 aromatic rings. The Morgan fingerprint density at radius 1 is 1.33 bits per heavy atom. The van der Waals surface area contributed by atoms with Crippen molar-refractivity contribution in [3.8, 4) is 0 Å². The van der Waals surface area contributed by atoms with Gasteiger partial charge in [-0.3, -0.25) is 13.9 Å². The predicted octanol–water partition coefficient (Wildman–Crippen LogP) is -1.15. The quantitative estimate of drug-likeness (QED) is 0.564. The number of anilines is 1. The topological polar surface area (TPSA) is 82.0 Å². The van der Waals surface area contributed by atoms with Gasteiger partial charge in [-0.25, -0.2) is 4.79 Å². The number of nitrogens with two attached hydrogens (primary N) is 1. The van der Waals surface area contributed by atoms with E-state index >= 15 is 0 Å². The van der Waals surface area contributed by atoms with Gasteiger partial charge in [0.1, 0.15) is 5.82 Å². The number of aromatic nitrogens is 2. The van der Waals surface area contributed by atoms with Crippen LogP contribution < -0.4 is 22.3 Å². The van der Waals surface area contributed by atoms with Crippen LogP contribution >= 0.6 is 0 Å². The zero-order valence-electron chi connectivity index (χ0n) is 8.57. The summed E-state index contributed by atoms with van der Waals surface area (Å²) in [4.78, 5) is 23.3. The minimum atomic E-state index is -0.360. The molecule has 6 nitrogen and oxygen atoms in total. The molecule has 2 rings (SSSR count). The molecule has 1 aliphatic heterocycles. The van der Waals surface area contributed by atoms with Gasteiger partial charge in [0.05, 0.1) is 11.4 Å². The van der Waals surface area contributed by atoms with E-state index in [1.165, 1.54) is 11.6 Å². The molecular weight excluding hydrogens is 196 g/mol. The largest absolute Gasteiger partial charge is 0.385 e. The van der Waals surface area contributed by atoms with Gasteiger partial charge in [-0.2, -0.15) is 0 Å². The van der Waals surface area contributed by atoms with E-state index in [1.54, 1.807) is 13.1 Å². The summed E-state index contributed by atoms with van der Waals surface area (Å²) in [6.45, 7) is 0. The second kappa shape index (κ2) is 3.01. The first-order chi connectivity index (χ1) is 7.02. The lowest BCUT2D eigenvalue weighted by Crippen LogP contribution is -2.41. The van der Waals surface area contributed by atoms with E-state index in [0.717, 1.165) is 4.57 Å². The van der Waals surface area contributed by atoms with E-state index in [9.17, 15) is 9.59 Å². The first-order valence-corrected chi connectivity index (χ1v) is 4.54. The second-order valence-electron chi connectivity index (χ2n) is 3.52. The van der Waals surface area contributed by atoms with Crippen LogP contribution in [0.15, 0.2) is 21.5 Å². The molecule has 6 heteroatoms. The fourth-order valence-electron chi connectivity index (χ4n) is 1.66. The lowest BCUT2D eigenvalue weighted by molar-refractivity contribution is 0.676. The van der Waals surface area contributed by atoms with Crippen molar-refractivity contribution >= 4 is 5.82 Å². The maximum absolute atomic E-state index is 11.7. The number of nitrogens with zero attached hydrogens (tertiary/aromatic N) is 2. The summed E-state index contributed by atoms with van der Waals surface area (Å²) in [5.74, 6) is 0.953. The van der Waals surface area contributed by atoms with E-state index in [1.807, 2.05) is 0 Å². The average Bonchev–Trinajstić information content (AvgIpc) is 2.23. The van der Waals surface area contributed by atoms with Gasteiger partial charge in [0.25, 0.3) is 5.56 Å². The number of allylic oxidation sites excluding steroid dienone is 1. The van der Waals surface area contributed by atoms with Gasteiger partial charge in [-0.15, -0.1) is 0 Å². The van der Waals surface area contributed by atoms with Gasteiger partial charge >= 0.3 is 5.69 Å². The number of nitrogens with one attached hydrogen (secondary N) is 1. The predicted molar refractivity (Wildman–Crippen MR) is 56.5 cm³/mol.